The van der Waals surface area contributed by atoms with Crippen LogP contribution in [0.25, 0.3) is 0 Å². The Morgan fingerprint density at radius 2 is 2.05 bits per heavy atom. The lowest BCUT2D eigenvalue weighted by Crippen LogP contribution is -2.29. The van der Waals surface area contributed by atoms with Gasteiger partial charge in [0.25, 0.3) is 0 Å². The van der Waals surface area contributed by atoms with Gasteiger partial charge in [-0.1, -0.05) is 17.3 Å². The molecule has 0 unspecified atom stereocenters. The standard InChI is InChI=1S/C14H16N4O3S/c1-22-11-4-2-10(3-5-11)6-7-15-13(19)9-18-8-12(14(20)21)16-17-18/h2-5,8H,6-7,9H2,1H3,(H,15,19)(H,20,21). The van der Waals surface area contributed by atoms with Crippen LogP contribution < -0.4 is 5.32 Å². The van der Waals surface area contributed by atoms with Crippen LogP contribution >= 0.6 is 11.8 Å². The first kappa shape index (κ1) is 16.0. The Labute approximate surface area is 131 Å². The minimum atomic E-state index is -1.17. The number of hydrogen-bond acceptors (Lipinski definition) is 5. The Hall–Kier alpha value is -2.35. The third-order valence-corrected chi connectivity index (χ3v) is 3.70. The van der Waals surface area contributed by atoms with Crippen LogP contribution in [0.1, 0.15) is 16.1 Å². The van der Waals surface area contributed by atoms with E-state index in [-0.39, 0.29) is 18.1 Å². The van der Waals surface area contributed by atoms with Crippen LogP contribution in [0.3, 0.4) is 0 Å². The molecule has 7 nitrogen and oxygen atoms in total. The van der Waals surface area contributed by atoms with Crippen LogP contribution in [0, 0.1) is 0 Å². The molecular formula is C14H16N4O3S. The number of nitrogens with zero attached hydrogens (tertiary/aromatic N) is 3. The largest absolute Gasteiger partial charge is 0.476 e. The van der Waals surface area contributed by atoms with Gasteiger partial charge in [0, 0.05) is 11.4 Å². The second-order valence-corrected chi connectivity index (χ2v) is 5.43. The van der Waals surface area contributed by atoms with E-state index in [1.807, 2.05) is 30.5 Å². The fourth-order valence-electron chi connectivity index (χ4n) is 1.82. The number of nitrogens with one attached hydrogen (secondary N) is 1. The van der Waals surface area contributed by atoms with Gasteiger partial charge in [0.05, 0.1) is 6.20 Å². The highest BCUT2D eigenvalue weighted by Gasteiger charge is 2.10. The molecule has 0 bridgehead atoms. The molecule has 0 radical (unpaired) electrons. The van der Waals surface area contributed by atoms with Gasteiger partial charge < -0.3 is 10.4 Å². The van der Waals surface area contributed by atoms with Crippen molar-refractivity contribution in [1.82, 2.24) is 20.3 Å². The third kappa shape index (κ3) is 4.59. The summed E-state index contributed by atoms with van der Waals surface area (Å²) in [5, 5.41) is 18.5. The lowest BCUT2D eigenvalue weighted by atomic mass is 10.1. The Balaban J connectivity index is 1.76. The van der Waals surface area contributed by atoms with Crippen LogP contribution in [0.5, 0.6) is 0 Å². The van der Waals surface area contributed by atoms with Crippen LogP contribution in [-0.2, 0) is 17.8 Å². The van der Waals surface area contributed by atoms with Gasteiger partial charge in [-0.05, 0) is 30.4 Å². The summed E-state index contributed by atoms with van der Waals surface area (Å²) in [6.45, 7) is 0.462. The van der Waals surface area contributed by atoms with E-state index >= 15 is 0 Å². The maximum absolute atomic E-state index is 11.7. The molecule has 2 N–H and O–H groups in total. The molecule has 8 heteroatoms. The lowest BCUT2D eigenvalue weighted by molar-refractivity contribution is -0.121. The predicted molar refractivity (Wildman–Crippen MR) is 81.9 cm³/mol. The van der Waals surface area contributed by atoms with Gasteiger partial charge in [-0.25, -0.2) is 9.48 Å². The predicted octanol–water partition coefficient (Wildman–Crippen LogP) is 1.06. The van der Waals surface area contributed by atoms with Crippen molar-refractivity contribution in [3.63, 3.8) is 0 Å². The minimum Gasteiger partial charge on any atom is -0.476 e. The molecule has 0 spiro atoms. The highest BCUT2D eigenvalue weighted by atomic mass is 32.2. The number of hydrogen-bond donors (Lipinski definition) is 2. The minimum absolute atomic E-state index is 0.0499. The average molecular weight is 320 g/mol. The Bertz CT molecular complexity index is 654. The summed E-state index contributed by atoms with van der Waals surface area (Å²) in [7, 11) is 0. The first-order valence-electron chi connectivity index (χ1n) is 6.61. The summed E-state index contributed by atoms with van der Waals surface area (Å²) >= 11 is 1.68. The topological polar surface area (TPSA) is 97.1 Å². The summed E-state index contributed by atoms with van der Waals surface area (Å²) in [6, 6.07) is 8.17. The second-order valence-electron chi connectivity index (χ2n) is 4.55. The number of aromatic carboxylic acids is 1. The van der Waals surface area contributed by atoms with E-state index in [9.17, 15) is 9.59 Å². The van der Waals surface area contributed by atoms with Crippen LogP contribution in [-0.4, -0.2) is 44.8 Å². The molecule has 22 heavy (non-hydrogen) atoms. The fraction of sp³-hybridized carbons (Fsp3) is 0.286. The number of carbonyl (C=O) groups excluding carboxylic acids is 1. The zero-order valence-electron chi connectivity index (χ0n) is 12.0. The summed E-state index contributed by atoms with van der Waals surface area (Å²) in [5.41, 5.74) is 0.966. The van der Waals surface area contributed by atoms with E-state index in [1.54, 1.807) is 11.8 Å². The number of carboxylic acid groups (broad SMARTS) is 1. The molecule has 0 aliphatic rings. The molecule has 1 aromatic carbocycles. The zero-order chi connectivity index (χ0) is 15.9. The SMILES string of the molecule is CSc1ccc(CCNC(=O)Cn2cc(C(=O)O)nn2)cc1. The number of carboxylic acids is 1. The van der Waals surface area contributed by atoms with Crippen LogP contribution in [0.2, 0.25) is 0 Å². The third-order valence-electron chi connectivity index (χ3n) is 2.96. The Morgan fingerprint density at radius 3 is 2.64 bits per heavy atom. The molecule has 2 rings (SSSR count). The second kappa shape index (κ2) is 7.60. The number of thioether (sulfide) groups is 1. The number of rotatable bonds is 7. The summed E-state index contributed by atoms with van der Waals surface area (Å²) < 4.78 is 1.20. The summed E-state index contributed by atoms with van der Waals surface area (Å²) in [4.78, 5) is 23.6. The van der Waals surface area contributed by atoms with Crippen molar-refractivity contribution in [1.29, 1.82) is 0 Å². The van der Waals surface area contributed by atoms with E-state index in [0.29, 0.717) is 6.54 Å². The average Bonchev–Trinajstić information content (AvgIpc) is 2.96. The van der Waals surface area contributed by atoms with Crippen molar-refractivity contribution in [2.24, 2.45) is 0 Å². The first-order valence-corrected chi connectivity index (χ1v) is 7.84. The van der Waals surface area contributed by atoms with Gasteiger partial charge in [0.15, 0.2) is 5.69 Å². The van der Waals surface area contributed by atoms with Crippen LogP contribution in [0.4, 0.5) is 0 Å². The number of carbonyl (C=O) groups is 2. The molecule has 0 aliphatic heterocycles. The number of amides is 1. The molecule has 0 atom stereocenters. The van der Waals surface area contributed by atoms with Gasteiger partial charge in [0.1, 0.15) is 6.54 Å². The first-order chi connectivity index (χ1) is 10.6. The highest BCUT2D eigenvalue weighted by Crippen LogP contribution is 2.14. The van der Waals surface area contributed by atoms with E-state index in [4.69, 9.17) is 5.11 Å². The van der Waals surface area contributed by atoms with Crippen molar-refractivity contribution in [3.8, 4) is 0 Å². The van der Waals surface area contributed by atoms with Crippen molar-refractivity contribution in [2.45, 2.75) is 17.9 Å². The van der Waals surface area contributed by atoms with Crippen molar-refractivity contribution >= 4 is 23.6 Å². The van der Waals surface area contributed by atoms with Gasteiger partial charge in [-0.3, -0.25) is 4.79 Å². The monoisotopic (exact) mass is 320 g/mol. The molecule has 2 aromatic rings. The highest BCUT2D eigenvalue weighted by molar-refractivity contribution is 7.98. The molecule has 1 heterocycles. The summed E-state index contributed by atoms with van der Waals surface area (Å²) in [6.07, 6.45) is 3.98. The maximum atomic E-state index is 11.7. The molecule has 116 valence electrons. The van der Waals surface area contributed by atoms with Gasteiger partial charge >= 0.3 is 5.97 Å². The normalized spacial score (nSPS) is 10.4. The van der Waals surface area contributed by atoms with E-state index in [1.165, 1.54) is 15.8 Å². The maximum Gasteiger partial charge on any atom is 0.358 e. The molecule has 1 aromatic heterocycles. The van der Waals surface area contributed by atoms with Crippen molar-refractivity contribution in [2.75, 3.05) is 12.8 Å². The van der Waals surface area contributed by atoms with Gasteiger partial charge in [-0.15, -0.1) is 16.9 Å². The van der Waals surface area contributed by atoms with E-state index in [2.05, 4.69) is 15.6 Å². The smallest absolute Gasteiger partial charge is 0.358 e. The summed E-state index contributed by atoms with van der Waals surface area (Å²) in [5.74, 6) is -1.40. The number of aromatic nitrogens is 3. The molecule has 0 aliphatic carbocycles. The van der Waals surface area contributed by atoms with Crippen molar-refractivity contribution < 1.29 is 14.7 Å². The molecular weight excluding hydrogens is 304 g/mol. The van der Waals surface area contributed by atoms with Gasteiger partial charge in [-0.2, -0.15) is 0 Å². The molecule has 1 amide bonds. The van der Waals surface area contributed by atoms with E-state index < -0.39 is 5.97 Å². The van der Waals surface area contributed by atoms with E-state index in [0.717, 1.165) is 12.0 Å². The molecule has 0 saturated carbocycles. The Kier molecular flexibility index (Phi) is 5.54. The Morgan fingerprint density at radius 1 is 1.32 bits per heavy atom. The van der Waals surface area contributed by atoms with Crippen LogP contribution in [0.15, 0.2) is 35.4 Å². The van der Waals surface area contributed by atoms with Crippen molar-refractivity contribution in [3.05, 3.63) is 41.7 Å². The fourth-order valence-corrected chi connectivity index (χ4v) is 2.22. The molecule has 0 saturated heterocycles. The van der Waals surface area contributed by atoms with Gasteiger partial charge in [0.2, 0.25) is 5.91 Å². The molecule has 0 fully saturated rings. The quantitative estimate of drug-likeness (QED) is 0.740. The zero-order valence-corrected chi connectivity index (χ0v) is 12.8. The number of benzene rings is 1. The lowest BCUT2D eigenvalue weighted by Gasteiger charge is -2.05.